The van der Waals surface area contributed by atoms with Crippen molar-refractivity contribution in [3.8, 4) is 11.5 Å². The Kier molecular flexibility index (Phi) is 15.2. The first-order chi connectivity index (χ1) is 19.1. The second kappa shape index (κ2) is 17.5. The van der Waals surface area contributed by atoms with E-state index in [9.17, 15) is 19.2 Å². The van der Waals surface area contributed by atoms with Gasteiger partial charge in [-0.2, -0.15) is 0 Å². The fourth-order valence-corrected chi connectivity index (χ4v) is 3.00. The molecule has 11 heteroatoms. The zero-order chi connectivity index (χ0) is 31.2. The molecule has 0 spiro atoms. The van der Waals surface area contributed by atoms with Crippen LogP contribution in [-0.4, -0.2) is 56.2 Å². The summed E-state index contributed by atoms with van der Waals surface area (Å²) in [5, 5.41) is 0. The van der Waals surface area contributed by atoms with Crippen molar-refractivity contribution in [2.24, 2.45) is 23.0 Å². The molecule has 0 amide bonds. The van der Waals surface area contributed by atoms with Crippen LogP contribution in [0.3, 0.4) is 0 Å². The van der Waals surface area contributed by atoms with E-state index in [0.29, 0.717) is 36.7 Å². The Bertz CT molecular complexity index is 1000. The van der Waals surface area contributed by atoms with Gasteiger partial charge in [0.2, 0.25) is 0 Å². The molecule has 1 aromatic rings. The van der Waals surface area contributed by atoms with Crippen LogP contribution in [0.1, 0.15) is 80.2 Å². The molecule has 0 aliphatic rings. The molecule has 1 rings (SSSR count). The molecule has 0 heterocycles. The van der Waals surface area contributed by atoms with Crippen molar-refractivity contribution < 1.29 is 47.6 Å². The lowest BCUT2D eigenvalue weighted by molar-refractivity contribution is -0.166. The molecule has 11 nitrogen and oxygen atoms in total. The van der Waals surface area contributed by atoms with Gasteiger partial charge in [-0.05, 0) is 76.0 Å². The summed E-state index contributed by atoms with van der Waals surface area (Å²) in [5.74, 6) is -0.584. The maximum absolute atomic E-state index is 12.5. The summed E-state index contributed by atoms with van der Waals surface area (Å²) in [4.78, 5) is 49.2. The van der Waals surface area contributed by atoms with E-state index in [2.05, 4.69) is 0 Å². The minimum absolute atomic E-state index is 0.0216. The maximum Gasteiger partial charge on any atom is 0.513 e. The number of esters is 2. The summed E-state index contributed by atoms with van der Waals surface area (Å²) in [6.07, 6.45) is -0.644. The Hall–Kier alpha value is -3.34. The third-order valence-corrected chi connectivity index (χ3v) is 6.19. The van der Waals surface area contributed by atoms with Crippen LogP contribution in [0.5, 0.6) is 11.5 Å². The highest BCUT2D eigenvalue weighted by Crippen LogP contribution is 2.30. The number of hydrogen-bond acceptors (Lipinski definition) is 11. The summed E-state index contributed by atoms with van der Waals surface area (Å²) in [6.45, 7) is 15.2. The van der Waals surface area contributed by atoms with Gasteiger partial charge in [0.05, 0.1) is 18.6 Å². The second-order valence-corrected chi connectivity index (χ2v) is 11.4. The van der Waals surface area contributed by atoms with E-state index < -0.39 is 35.8 Å². The molecule has 0 radical (unpaired) electrons. The van der Waals surface area contributed by atoms with Gasteiger partial charge in [0.15, 0.2) is 11.5 Å². The predicted molar refractivity (Wildman–Crippen MR) is 152 cm³/mol. The first-order valence-corrected chi connectivity index (χ1v) is 14.1. The Morgan fingerprint density at radius 3 is 1.88 bits per heavy atom. The first kappa shape index (κ1) is 35.7. The number of carbonyl (C=O) groups is 4. The van der Waals surface area contributed by atoms with Gasteiger partial charge in [0.25, 0.3) is 0 Å². The predicted octanol–water partition coefficient (Wildman–Crippen LogP) is 5.59. The maximum atomic E-state index is 12.5. The summed E-state index contributed by atoms with van der Waals surface area (Å²) in [5.41, 5.74) is 5.91. The van der Waals surface area contributed by atoms with E-state index >= 15 is 0 Å². The lowest BCUT2D eigenvalue weighted by atomic mass is 9.91. The smallest absolute Gasteiger partial charge is 0.461 e. The minimum atomic E-state index is -1.07. The van der Waals surface area contributed by atoms with E-state index in [0.717, 1.165) is 0 Å². The molecule has 0 unspecified atom stereocenters. The second-order valence-electron chi connectivity index (χ2n) is 11.4. The van der Waals surface area contributed by atoms with Crippen molar-refractivity contribution in [1.29, 1.82) is 0 Å². The Balaban J connectivity index is 2.87. The van der Waals surface area contributed by atoms with Gasteiger partial charge in [-0.25, -0.2) is 9.59 Å². The third-order valence-electron chi connectivity index (χ3n) is 6.19. The van der Waals surface area contributed by atoms with E-state index in [1.54, 1.807) is 26.8 Å². The number of ether oxygens (including phenoxy) is 6. The Morgan fingerprint density at radius 1 is 0.829 bits per heavy atom. The summed E-state index contributed by atoms with van der Waals surface area (Å²) < 4.78 is 31.4. The van der Waals surface area contributed by atoms with Crippen molar-refractivity contribution in [2.75, 3.05) is 19.8 Å². The van der Waals surface area contributed by atoms with Crippen molar-refractivity contribution in [1.82, 2.24) is 0 Å². The van der Waals surface area contributed by atoms with Crippen LogP contribution >= 0.6 is 0 Å². The fourth-order valence-electron chi connectivity index (χ4n) is 3.00. The van der Waals surface area contributed by atoms with Crippen LogP contribution < -0.4 is 15.2 Å². The molecular formula is C30H47NO10. The Morgan fingerprint density at radius 2 is 1.37 bits per heavy atom. The van der Waals surface area contributed by atoms with E-state index in [4.69, 9.17) is 34.2 Å². The zero-order valence-electron chi connectivity index (χ0n) is 25.7. The van der Waals surface area contributed by atoms with E-state index in [1.807, 2.05) is 34.6 Å². The van der Waals surface area contributed by atoms with Crippen LogP contribution in [0.2, 0.25) is 0 Å². The summed E-state index contributed by atoms with van der Waals surface area (Å²) >= 11 is 0. The van der Waals surface area contributed by atoms with E-state index in [-0.39, 0.29) is 43.7 Å². The molecular weight excluding hydrogens is 534 g/mol. The standard InChI is InChI=1S/C30H47NO10/c1-9-30(7,8)27(33)39-21(6)18-38-26(32)23(31)16-22-10-11-24(40-28(34)36-14-12-19(2)3)25(17-22)41-29(35)37-15-13-20(4)5/h10-11,17,19-21,23H,9,12-16,18,31H2,1-8H3/t21-,23-/m0/s1. The van der Waals surface area contributed by atoms with Gasteiger partial charge < -0.3 is 34.2 Å². The molecule has 0 saturated carbocycles. The average molecular weight is 582 g/mol. The van der Waals surface area contributed by atoms with Crippen molar-refractivity contribution in [2.45, 2.75) is 93.2 Å². The lowest BCUT2D eigenvalue weighted by Gasteiger charge is -2.23. The molecule has 2 N–H and O–H groups in total. The van der Waals surface area contributed by atoms with Crippen LogP contribution in [0.25, 0.3) is 0 Å². The largest absolute Gasteiger partial charge is 0.513 e. The summed E-state index contributed by atoms with van der Waals surface area (Å²) in [6, 6.07) is 3.33. The zero-order valence-corrected chi connectivity index (χ0v) is 25.7. The number of nitrogens with two attached hydrogens (primary N) is 1. The first-order valence-electron chi connectivity index (χ1n) is 14.1. The Labute approximate surface area is 243 Å². The van der Waals surface area contributed by atoms with Crippen LogP contribution in [0, 0.1) is 17.3 Å². The molecule has 41 heavy (non-hydrogen) atoms. The van der Waals surface area contributed by atoms with Gasteiger partial charge in [-0.15, -0.1) is 0 Å². The van der Waals surface area contributed by atoms with Crippen LogP contribution in [0.15, 0.2) is 18.2 Å². The molecule has 232 valence electrons. The molecule has 0 aromatic heterocycles. The van der Waals surface area contributed by atoms with Crippen LogP contribution in [0.4, 0.5) is 9.59 Å². The van der Waals surface area contributed by atoms with Crippen molar-refractivity contribution in [3.05, 3.63) is 23.8 Å². The van der Waals surface area contributed by atoms with Gasteiger partial charge >= 0.3 is 24.2 Å². The quantitative estimate of drug-likeness (QED) is 0.148. The average Bonchev–Trinajstić information content (AvgIpc) is 2.88. The van der Waals surface area contributed by atoms with Gasteiger partial charge in [-0.1, -0.05) is 40.7 Å². The molecule has 0 saturated heterocycles. The molecule has 0 aliphatic carbocycles. The normalized spacial score (nSPS) is 12.9. The molecule has 0 fully saturated rings. The van der Waals surface area contributed by atoms with Gasteiger partial charge in [0, 0.05) is 0 Å². The van der Waals surface area contributed by atoms with Crippen LogP contribution in [-0.2, 0) is 35.0 Å². The molecule has 0 bridgehead atoms. The number of carbonyl (C=O) groups excluding carboxylic acids is 4. The summed E-state index contributed by atoms with van der Waals surface area (Å²) in [7, 11) is 0. The molecule has 1 aromatic carbocycles. The minimum Gasteiger partial charge on any atom is -0.461 e. The topological polar surface area (TPSA) is 150 Å². The van der Waals surface area contributed by atoms with Crippen molar-refractivity contribution in [3.63, 3.8) is 0 Å². The highest BCUT2D eigenvalue weighted by Gasteiger charge is 2.29. The monoisotopic (exact) mass is 581 g/mol. The number of hydrogen-bond donors (Lipinski definition) is 1. The highest BCUT2D eigenvalue weighted by atomic mass is 16.7. The fraction of sp³-hybridized carbons (Fsp3) is 0.667. The van der Waals surface area contributed by atoms with Gasteiger partial charge in [0.1, 0.15) is 18.8 Å². The molecule has 0 aliphatic heterocycles. The SMILES string of the molecule is CCC(C)(C)C(=O)O[C@@H](C)COC(=O)[C@@H](N)Cc1ccc(OC(=O)OCCC(C)C)c(OC(=O)OCCC(C)C)c1. The lowest BCUT2D eigenvalue weighted by Crippen LogP contribution is -2.37. The van der Waals surface area contributed by atoms with E-state index in [1.165, 1.54) is 12.1 Å². The number of rotatable bonds is 16. The third kappa shape index (κ3) is 14.2. The highest BCUT2D eigenvalue weighted by molar-refractivity contribution is 5.77. The number of benzene rings is 1. The van der Waals surface area contributed by atoms with Crippen molar-refractivity contribution >= 4 is 24.2 Å². The van der Waals surface area contributed by atoms with Gasteiger partial charge in [-0.3, -0.25) is 9.59 Å². The molecule has 2 atom stereocenters.